The van der Waals surface area contributed by atoms with Crippen molar-refractivity contribution in [1.29, 1.82) is 0 Å². The molecule has 5 nitrogen and oxygen atoms in total. The van der Waals surface area contributed by atoms with Crippen molar-refractivity contribution in [2.75, 3.05) is 12.1 Å². The maximum Gasteiger partial charge on any atom is 0.337 e. The van der Waals surface area contributed by atoms with Crippen LogP contribution >= 0.6 is 0 Å². The van der Waals surface area contributed by atoms with Crippen LogP contribution in [0.4, 0.5) is 5.69 Å². The Balaban J connectivity index is 3.12. The minimum absolute atomic E-state index is 0.193. The van der Waals surface area contributed by atoms with Gasteiger partial charge in [0.2, 0.25) is 0 Å². The van der Waals surface area contributed by atoms with Gasteiger partial charge in [-0.15, -0.1) is 0 Å². The van der Waals surface area contributed by atoms with Gasteiger partial charge < -0.3 is 10.5 Å². The van der Waals surface area contributed by atoms with Crippen LogP contribution in [0.5, 0.6) is 0 Å². The van der Waals surface area contributed by atoms with Gasteiger partial charge in [0.15, 0.2) is 0 Å². The molecule has 0 bridgehead atoms. The number of hydrogen-bond acceptors (Lipinski definition) is 5. The van der Waals surface area contributed by atoms with E-state index in [2.05, 4.69) is 16.6 Å². The molecule has 0 spiro atoms. The molecule has 0 heterocycles. The predicted octanol–water partition coefficient (Wildman–Crippen LogP) is 1.47. The van der Waals surface area contributed by atoms with E-state index in [0.29, 0.717) is 0 Å². The van der Waals surface area contributed by atoms with Gasteiger partial charge in [0.25, 0.3) is 0 Å². The average molecular weight is 233 g/mol. The van der Waals surface area contributed by atoms with Crippen molar-refractivity contribution in [3.63, 3.8) is 0 Å². The number of nitrogens with two attached hydrogens (primary N) is 1. The second-order valence-electron chi connectivity index (χ2n) is 3.29. The third-order valence-corrected chi connectivity index (χ3v) is 2.25. The first kappa shape index (κ1) is 12.8. The highest BCUT2D eigenvalue weighted by Crippen LogP contribution is 2.18. The van der Waals surface area contributed by atoms with E-state index in [4.69, 9.17) is 5.73 Å². The summed E-state index contributed by atoms with van der Waals surface area (Å²) in [6.45, 7) is 5.01. The molecule has 1 aromatic rings. The standard InChI is InChI=1S/C12H15N3O2/c1-9(12(16)17-3)11(13)15(14-2)10-7-5-4-6-8-10/h4-8H,2,13H2,1,3H3/b11-9+. The van der Waals surface area contributed by atoms with Gasteiger partial charge in [0.1, 0.15) is 5.82 Å². The van der Waals surface area contributed by atoms with E-state index in [1.165, 1.54) is 12.1 Å². The van der Waals surface area contributed by atoms with Crippen molar-refractivity contribution in [2.24, 2.45) is 10.8 Å². The number of hydrogen-bond donors (Lipinski definition) is 1. The quantitative estimate of drug-likeness (QED) is 0.370. The van der Waals surface area contributed by atoms with Crippen LogP contribution < -0.4 is 10.7 Å². The molecule has 2 N–H and O–H groups in total. The number of nitrogens with zero attached hydrogens (tertiary/aromatic N) is 2. The molecule has 0 radical (unpaired) electrons. The van der Waals surface area contributed by atoms with Crippen LogP contribution in [0.25, 0.3) is 0 Å². The van der Waals surface area contributed by atoms with Gasteiger partial charge in [-0.3, -0.25) is 0 Å². The lowest BCUT2D eigenvalue weighted by molar-refractivity contribution is -0.136. The zero-order valence-corrected chi connectivity index (χ0v) is 9.88. The molecule has 17 heavy (non-hydrogen) atoms. The molecule has 0 saturated heterocycles. The van der Waals surface area contributed by atoms with Crippen LogP contribution in [0.3, 0.4) is 0 Å². The van der Waals surface area contributed by atoms with Gasteiger partial charge in [0.05, 0.1) is 18.4 Å². The Morgan fingerprint density at radius 2 is 2.00 bits per heavy atom. The van der Waals surface area contributed by atoms with Gasteiger partial charge in [-0.05, 0) is 19.1 Å². The second kappa shape index (κ2) is 5.69. The van der Waals surface area contributed by atoms with E-state index < -0.39 is 5.97 Å². The van der Waals surface area contributed by atoms with Crippen molar-refractivity contribution in [3.8, 4) is 0 Å². The van der Waals surface area contributed by atoms with Gasteiger partial charge in [-0.25, -0.2) is 9.80 Å². The Kier molecular flexibility index (Phi) is 4.28. The molecule has 0 fully saturated rings. The minimum atomic E-state index is -0.493. The fraction of sp³-hybridized carbons (Fsp3) is 0.167. The summed E-state index contributed by atoms with van der Waals surface area (Å²) in [4.78, 5) is 11.4. The summed E-state index contributed by atoms with van der Waals surface area (Å²) in [6.07, 6.45) is 0. The third kappa shape index (κ3) is 2.84. The zero-order chi connectivity index (χ0) is 12.8. The third-order valence-electron chi connectivity index (χ3n) is 2.25. The van der Waals surface area contributed by atoms with Crippen LogP contribution in [0.15, 0.2) is 46.8 Å². The molecule has 0 saturated carbocycles. The van der Waals surface area contributed by atoms with Crippen molar-refractivity contribution in [2.45, 2.75) is 6.92 Å². The Bertz CT molecular complexity index is 440. The molecule has 1 rings (SSSR count). The fourth-order valence-corrected chi connectivity index (χ4v) is 1.28. The maximum atomic E-state index is 11.4. The van der Waals surface area contributed by atoms with Gasteiger partial charge in [-0.2, -0.15) is 5.10 Å². The Hall–Kier alpha value is -2.30. The summed E-state index contributed by atoms with van der Waals surface area (Å²) in [5.74, 6) is -0.301. The Morgan fingerprint density at radius 1 is 1.41 bits per heavy atom. The highest BCUT2D eigenvalue weighted by atomic mass is 16.5. The lowest BCUT2D eigenvalue weighted by Crippen LogP contribution is -2.25. The molecule has 0 aliphatic heterocycles. The molecule has 0 atom stereocenters. The highest BCUT2D eigenvalue weighted by Gasteiger charge is 2.15. The first-order valence-electron chi connectivity index (χ1n) is 4.98. The normalized spacial score (nSPS) is 11.4. The van der Waals surface area contributed by atoms with E-state index in [1.54, 1.807) is 6.92 Å². The number of esters is 1. The SMILES string of the molecule is C=NN(/C(N)=C(\C)C(=O)OC)c1ccccc1. The summed E-state index contributed by atoms with van der Waals surface area (Å²) in [6, 6.07) is 9.18. The summed E-state index contributed by atoms with van der Waals surface area (Å²) < 4.78 is 4.60. The van der Waals surface area contributed by atoms with Crippen molar-refractivity contribution < 1.29 is 9.53 Å². The number of hydrazone groups is 1. The molecule has 0 amide bonds. The number of carbonyl (C=O) groups excluding carboxylic acids is 1. The average Bonchev–Trinajstić information content (AvgIpc) is 2.38. The van der Waals surface area contributed by atoms with E-state index in [9.17, 15) is 4.79 Å². The second-order valence-corrected chi connectivity index (χ2v) is 3.29. The first-order chi connectivity index (χ1) is 8.11. The summed E-state index contributed by atoms with van der Waals surface area (Å²) >= 11 is 0. The van der Waals surface area contributed by atoms with Crippen molar-refractivity contribution in [1.82, 2.24) is 0 Å². The molecule has 1 aromatic carbocycles. The van der Waals surface area contributed by atoms with E-state index >= 15 is 0 Å². The van der Waals surface area contributed by atoms with Crippen molar-refractivity contribution >= 4 is 18.4 Å². The Morgan fingerprint density at radius 3 is 2.47 bits per heavy atom. The number of rotatable bonds is 4. The fourth-order valence-electron chi connectivity index (χ4n) is 1.28. The number of carbonyl (C=O) groups is 1. The van der Waals surface area contributed by atoms with Crippen molar-refractivity contribution in [3.05, 3.63) is 41.7 Å². The van der Waals surface area contributed by atoms with E-state index in [1.807, 2.05) is 30.3 Å². The number of benzene rings is 1. The molecule has 0 aliphatic rings. The van der Waals surface area contributed by atoms with Crippen LogP contribution in [-0.4, -0.2) is 19.8 Å². The van der Waals surface area contributed by atoms with E-state index in [-0.39, 0.29) is 11.4 Å². The van der Waals surface area contributed by atoms with Crippen LogP contribution in [0.1, 0.15) is 6.92 Å². The lowest BCUT2D eigenvalue weighted by Gasteiger charge is -2.19. The summed E-state index contributed by atoms with van der Waals surface area (Å²) in [7, 11) is 1.30. The lowest BCUT2D eigenvalue weighted by atomic mass is 10.2. The predicted molar refractivity (Wildman–Crippen MR) is 67.4 cm³/mol. The van der Waals surface area contributed by atoms with Crippen LogP contribution in [0.2, 0.25) is 0 Å². The zero-order valence-electron chi connectivity index (χ0n) is 9.88. The monoisotopic (exact) mass is 233 g/mol. The van der Waals surface area contributed by atoms with Gasteiger partial charge in [0, 0.05) is 6.72 Å². The molecule has 0 unspecified atom stereocenters. The smallest absolute Gasteiger partial charge is 0.337 e. The van der Waals surface area contributed by atoms with E-state index in [0.717, 1.165) is 5.69 Å². The molecular weight excluding hydrogens is 218 g/mol. The number of anilines is 1. The largest absolute Gasteiger partial charge is 0.466 e. The number of para-hydroxylation sites is 1. The van der Waals surface area contributed by atoms with Crippen LogP contribution in [-0.2, 0) is 9.53 Å². The molecule has 5 heteroatoms. The van der Waals surface area contributed by atoms with Gasteiger partial charge >= 0.3 is 5.97 Å². The minimum Gasteiger partial charge on any atom is -0.466 e. The summed E-state index contributed by atoms with van der Waals surface area (Å²) in [5, 5.41) is 5.17. The molecule has 0 aromatic heterocycles. The topological polar surface area (TPSA) is 67.9 Å². The first-order valence-corrected chi connectivity index (χ1v) is 4.98. The molecular formula is C12H15N3O2. The Labute approximate surface area is 100 Å². The summed E-state index contributed by atoms with van der Waals surface area (Å²) in [5.41, 5.74) is 6.86. The highest BCUT2D eigenvalue weighted by molar-refractivity contribution is 5.89. The van der Waals surface area contributed by atoms with Crippen LogP contribution in [0, 0.1) is 0 Å². The van der Waals surface area contributed by atoms with Gasteiger partial charge in [-0.1, -0.05) is 18.2 Å². The molecule has 0 aliphatic carbocycles. The number of ether oxygens (including phenoxy) is 1. The molecule has 90 valence electrons. The number of methoxy groups -OCH3 is 1. The maximum absolute atomic E-state index is 11.4.